The Hall–Kier alpha value is -3.07. The fourth-order valence-corrected chi connectivity index (χ4v) is 4.46. The smallest absolute Gasteiger partial charge is 0.232 e. The first-order valence-corrected chi connectivity index (χ1v) is 11.9. The van der Waals surface area contributed by atoms with Crippen molar-refractivity contribution in [1.29, 1.82) is 0 Å². The van der Waals surface area contributed by atoms with E-state index in [4.69, 9.17) is 4.74 Å². The Kier molecular flexibility index (Phi) is 7.17. The molecule has 0 radical (unpaired) electrons. The summed E-state index contributed by atoms with van der Waals surface area (Å²) in [6.45, 7) is 0.893. The van der Waals surface area contributed by atoms with E-state index in [-0.39, 0.29) is 24.8 Å². The predicted molar refractivity (Wildman–Crippen MR) is 121 cm³/mol. The first-order valence-electron chi connectivity index (χ1n) is 10.1. The van der Waals surface area contributed by atoms with Gasteiger partial charge in [0.25, 0.3) is 0 Å². The van der Waals surface area contributed by atoms with E-state index in [1.165, 1.54) is 11.4 Å². The third-order valence-electron chi connectivity index (χ3n) is 5.04. The molecule has 0 unspecified atom stereocenters. The van der Waals surface area contributed by atoms with Crippen LogP contribution in [0.3, 0.4) is 0 Å². The van der Waals surface area contributed by atoms with Crippen LogP contribution in [0.4, 0.5) is 17.1 Å². The van der Waals surface area contributed by atoms with Crippen LogP contribution in [0.2, 0.25) is 0 Å². The van der Waals surface area contributed by atoms with E-state index < -0.39 is 10.0 Å². The van der Waals surface area contributed by atoms with Gasteiger partial charge in [-0.2, -0.15) is 0 Å². The molecular formula is C22H27N3O5S. The van der Waals surface area contributed by atoms with Gasteiger partial charge in [0.1, 0.15) is 5.75 Å². The maximum atomic E-state index is 12.3. The van der Waals surface area contributed by atoms with Crippen molar-refractivity contribution in [3.63, 3.8) is 0 Å². The molecule has 2 aromatic rings. The number of ether oxygens (including phenoxy) is 1. The zero-order valence-electron chi connectivity index (χ0n) is 17.7. The fourth-order valence-electron chi connectivity index (χ4n) is 3.50. The molecule has 166 valence electrons. The lowest BCUT2D eigenvalue weighted by molar-refractivity contribution is -0.117. The molecule has 0 aromatic heterocycles. The number of anilines is 3. The summed E-state index contributed by atoms with van der Waals surface area (Å²) in [5.41, 5.74) is 1.95. The van der Waals surface area contributed by atoms with E-state index in [0.717, 1.165) is 18.4 Å². The Morgan fingerprint density at radius 1 is 1.19 bits per heavy atom. The van der Waals surface area contributed by atoms with E-state index in [1.807, 2.05) is 12.1 Å². The monoisotopic (exact) mass is 445 g/mol. The summed E-state index contributed by atoms with van der Waals surface area (Å²) in [4.78, 5) is 25.9. The molecule has 2 amide bonds. The van der Waals surface area contributed by atoms with Gasteiger partial charge >= 0.3 is 0 Å². The maximum Gasteiger partial charge on any atom is 0.232 e. The van der Waals surface area contributed by atoms with Crippen LogP contribution in [0, 0.1) is 0 Å². The second-order valence-corrected chi connectivity index (χ2v) is 9.29. The van der Waals surface area contributed by atoms with Crippen LogP contribution in [-0.2, 0) is 19.6 Å². The molecule has 1 heterocycles. The average molecular weight is 446 g/mol. The minimum atomic E-state index is -3.50. The van der Waals surface area contributed by atoms with Crippen molar-refractivity contribution in [2.45, 2.75) is 25.7 Å². The highest BCUT2D eigenvalue weighted by atomic mass is 32.2. The molecule has 9 heteroatoms. The van der Waals surface area contributed by atoms with Crippen LogP contribution in [-0.4, -0.2) is 46.7 Å². The summed E-state index contributed by atoms with van der Waals surface area (Å²) in [5.74, 6) is 0.468. The quantitative estimate of drug-likeness (QED) is 0.640. The van der Waals surface area contributed by atoms with E-state index >= 15 is 0 Å². The van der Waals surface area contributed by atoms with Crippen LogP contribution in [0.5, 0.6) is 5.75 Å². The number of rotatable bonds is 9. The van der Waals surface area contributed by atoms with Gasteiger partial charge in [0.2, 0.25) is 21.8 Å². The van der Waals surface area contributed by atoms with Gasteiger partial charge in [0, 0.05) is 43.4 Å². The van der Waals surface area contributed by atoms with Gasteiger partial charge in [-0.1, -0.05) is 6.07 Å². The molecule has 0 aliphatic carbocycles. The second-order valence-electron chi connectivity index (χ2n) is 7.38. The zero-order chi connectivity index (χ0) is 22.4. The lowest BCUT2D eigenvalue weighted by atomic mass is 10.2. The molecule has 1 fully saturated rings. The lowest BCUT2D eigenvalue weighted by Crippen LogP contribution is -2.31. The van der Waals surface area contributed by atoms with E-state index in [0.29, 0.717) is 36.5 Å². The Morgan fingerprint density at radius 2 is 1.94 bits per heavy atom. The van der Waals surface area contributed by atoms with Crippen LogP contribution in [0.1, 0.15) is 25.7 Å². The first-order chi connectivity index (χ1) is 14.8. The average Bonchev–Trinajstić information content (AvgIpc) is 3.16. The Morgan fingerprint density at radius 3 is 2.55 bits per heavy atom. The van der Waals surface area contributed by atoms with Crippen molar-refractivity contribution in [2.24, 2.45) is 0 Å². The zero-order valence-corrected chi connectivity index (χ0v) is 18.5. The normalized spacial score (nSPS) is 13.9. The third kappa shape index (κ3) is 5.97. The Labute approximate surface area is 182 Å². The molecule has 0 atom stereocenters. The van der Waals surface area contributed by atoms with Gasteiger partial charge in [-0.05, 0) is 49.2 Å². The molecule has 3 rings (SSSR count). The standard InChI is InChI=1S/C22H27N3O5S/c1-30-20-7-3-6-19(16-20)25(31(2,28)29)15-4-8-21(26)23-17-10-12-18(13-11-17)24-14-5-9-22(24)27/h3,6-7,10-13,16H,4-5,8-9,14-15H2,1-2H3,(H,23,26). The van der Waals surface area contributed by atoms with Gasteiger partial charge in [-0.25, -0.2) is 8.42 Å². The van der Waals surface area contributed by atoms with E-state index in [9.17, 15) is 18.0 Å². The van der Waals surface area contributed by atoms with Crippen molar-refractivity contribution >= 4 is 38.9 Å². The number of hydrogen-bond donors (Lipinski definition) is 1. The van der Waals surface area contributed by atoms with Crippen molar-refractivity contribution in [1.82, 2.24) is 0 Å². The number of nitrogens with one attached hydrogen (secondary N) is 1. The molecule has 1 aliphatic heterocycles. The molecule has 0 bridgehead atoms. The number of sulfonamides is 1. The number of benzene rings is 2. The minimum Gasteiger partial charge on any atom is -0.497 e. The Bertz CT molecular complexity index is 1040. The topological polar surface area (TPSA) is 96.0 Å². The Balaban J connectivity index is 1.55. The summed E-state index contributed by atoms with van der Waals surface area (Å²) in [6, 6.07) is 13.9. The van der Waals surface area contributed by atoms with Crippen LogP contribution >= 0.6 is 0 Å². The highest BCUT2D eigenvalue weighted by Gasteiger charge is 2.21. The van der Waals surface area contributed by atoms with Crippen molar-refractivity contribution in [3.8, 4) is 5.75 Å². The third-order valence-corrected chi connectivity index (χ3v) is 6.24. The summed E-state index contributed by atoms with van der Waals surface area (Å²) in [6.07, 6.45) is 3.09. The van der Waals surface area contributed by atoms with E-state index in [2.05, 4.69) is 5.32 Å². The SMILES string of the molecule is COc1cccc(N(CCCC(=O)Nc2ccc(N3CCCC3=O)cc2)S(C)(=O)=O)c1. The first kappa shape index (κ1) is 22.6. The number of amides is 2. The molecular weight excluding hydrogens is 418 g/mol. The molecule has 0 saturated carbocycles. The molecule has 1 N–H and O–H groups in total. The summed E-state index contributed by atoms with van der Waals surface area (Å²) < 4.78 is 30.9. The largest absolute Gasteiger partial charge is 0.497 e. The van der Waals surface area contributed by atoms with E-state index in [1.54, 1.807) is 41.3 Å². The highest BCUT2D eigenvalue weighted by Crippen LogP contribution is 2.24. The molecule has 31 heavy (non-hydrogen) atoms. The summed E-state index contributed by atoms with van der Waals surface area (Å²) in [7, 11) is -1.99. The number of hydrogen-bond acceptors (Lipinski definition) is 5. The molecule has 2 aromatic carbocycles. The predicted octanol–water partition coefficient (Wildman–Crippen LogP) is 3.01. The minimum absolute atomic E-state index is 0.114. The molecule has 0 spiro atoms. The lowest BCUT2D eigenvalue weighted by Gasteiger charge is -2.22. The number of methoxy groups -OCH3 is 1. The number of carbonyl (C=O) groups is 2. The van der Waals surface area contributed by atoms with Gasteiger partial charge in [0.15, 0.2) is 0 Å². The van der Waals surface area contributed by atoms with Crippen LogP contribution in [0.25, 0.3) is 0 Å². The molecule has 1 saturated heterocycles. The van der Waals surface area contributed by atoms with Gasteiger partial charge < -0.3 is 15.0 Å². The second kappa shape index (κ2) is 9.82. The number of carbonyl (C=O) groups excluding carboxylic acids is 2. The molecule has 1 aliphatic rings. The van der Waals surface area contributed by atoms with Crippen molar-refractivity contribution in [2.75, 3.05) is 41.0 Å². The summed E-state index contributed by atoms with van der Waals surface area (Å²) >= 11 is 0. The van der Waals surface area contributed by atoms with Gasteiger partial charge in [0.05, 0.1) is 19.1 Å². The maximum absolute atomic E-state index is 12.3. The van der Waals surface area contributed by atoms with Crippen LogP contribution < -0.4 is 19.3 Å². The highest BCUT2D eigenvalue weighted by molar-refractivity contribution is 7.92. The number of nitrogens with zero attached hydrogens (tertiary/aromatic N) is 2. The molecule has 8 nitrogen and oxygen atoms in total. The van der Waals surface area contributed by atoms with Gasteiger partial charge in [-0.3, -0.25) is 13.9 Å². The van der Waals surface area contributed by atoms with Crippen molar-refractivity contribution in [3.05, 3.63) is 48.5 Å². The fraction of sp³-hybridized carbons (Fsp3) is 0.364. The van der Waals surface area contributed by atoms with Crippen LogP contribution in [0.15, 0.2) is 48.5 Å². The van der Waals surface area contributed by atoms with Crippen molar-refractivity contribution < 1.29 is 22.7 Å². The van der Waals surface area contributed by atoms with Gasteiger partial charge in [-0.15, -0.1) is 0 Å². The summed E-state index contributed by atoms with van der Waals surface area (Å²) in [5, 5.41) is 2.81.